The summed E-state index contributed by atoms with van der Waals surface area (Å²) in [7, 11) is 0. The summed E-state index contributed by atoms with van der Waals surface area (Å²) >= 11 is 5.96. The van der Waals surface area contributed by atoms with Crippen molar-refractivity contribution in [2.45, 2.75) is 19.3 Å². The van der Waals surface area contributed by atoms with Crippen LogP contribution in [0.2, 0.25) is 5.02 Å². The second kappa shape index (κ2) is 9.08. The van der Waals surface area contributed by atoms with Crippen molar-refractivity contribution in [3.05, 3.63) is 52.7 Å². The first-order chi connectivity index (χ1) is 11.2. The number of rotatable bonds is 5. The molecule has 7 heteroatoms. The fraction of sp³-hybridized carbons (Fsp3) is 0.294. The summed E-state index contributed by atoms with van der Waals surface area (Å²) in [6.45, 7) is 0.792. The zero-order chi connectivity index (χ0) is 16.1. The highest BCUT2D eigenvalue weighted by molar-refractivity contribution is 14.0. The van der Waals surface area contributed by atoms with Gasteiger partial charge in [-0.2, -0.15) is 0 Å². The molecule has 0 spiro atoms. The van der Waals surface area contributed by atoms with E-state index in [4.69, 9.17) is 22.1 Å². The van der Waals surface area contributed by atoms with E-state index < -0.39 is 0 Å². The first kappa shape index (κ1) is 18.8. The van der Waals surface area contributed by atoms with Crippen LogP contribution in [0.3, 0.4) is 0 Å². The fourth-order valence-electron chi connectivity index (χ4n) is 2.62. The van der Waals surface area contributed by atoms with Gasteiger partial charge in [0.1, 0.15) is 11.6 Å². The molecule has 3 N–H and O–H groups in total. The fourth-order valence-corrected chi connectivity index (χ4v) is 2.80. The molecule has 0 bridgehead atoms. The van der Waals surface area contributed by atoms with E-state index in [1.54, 1.807) is 18.3 Å². The summed E-state index contributed by atoms with van der Waals surface area (Å²) < 4.78 is 5.46. The molecule has 0 amide bonds. The van der Waals surface area contributed by atoms with E-state index >= 15 is 0 Å². The molecule has 5 nitrogen and oxygen atoms in total. The second-order valence-electron chi connectivity index (χ2n) is 5.37. The molecule has 2 aromatic rings. The molecule has 0 atom stereocenters. The van der Waals surface area contributed by atoms with Crippen molar-refractivity contribution in [2.24, 2.45) is 10.7 Å². The molecule has 1 heterocycles. The number of aromatic nitrogens is 1. The largest absolute Gasteiger partial charge is 0.475 e. The van der Waals surface area contributed by atoms with Gasteiger partial charge in [0.05, 0.1) is 6.54 Å². The Morgan fingerprint density at radius 2 is 2.12 bits per heavy atom. The van der Waals surface area contributed by atoms with Gasteiger partial charge in [0.15, 0.2) is 5.96 Å². The molecular formula is C17H20ClIN4O. The van der Waals surface area contributed by atoms with Crippen LogP contribution in [0.25, 0.3) is 0 Å². The molecule has 0 fully saturated rings. The van der Waals surface area contributed by atoms with Gasteiger partial charge in [0, 0.05) is 11.9 Å². The van der Waals surface area contributed by atoms with Crippen molar-refractivity contribution >= 4 is 47.2 Å². The second-order valence-corrected chi connectivity index (χ2v) is 5.78. The molecule has 128 valence electrons. The number of nitrogens with one attached hydrogen (secondary N) is 1. The Hall–Kier alpha value is -1.54. The summed E-state index contributed by atoms with van der Waals surface area (Å²) in [5.74, 6) is 0.785. The zero-order valence-corrected chi connectivity index (χ0v) is 16.3. The number of guanidine groups is 1. The van der Waals surface area contributed by atoms with Crippen LogP contribution in [-0.4, -0.2) is 24.1 Å². The SMILES string of the molecule is I.NC(=NCCOc1ncccc1Cl)Nc1ccc2c(c1)CCC2. The highest BCUT2D eigenvalue weighted by Gasteiger charge is 2.10. The Morgan fingerprint density at radius 1 is 1.29 bits per heavy atom. The molecule has 3 rings (SSSR count). The number of benzene rings is 1. The average Bonchev–Trinajstić information content (AvgIpc) is 3.01. The summed E-state index contributed by atoms with van der Waals surface area (Å²) in [6, 6.07) is 9.83. The molecule has 0 saturated carbocycles. The Morgan fingerprint density at radius 3 is 2.96 bits per heavy atom. The predicted octanol–water partition coefficient (Wildman–Crippen LogP) is 3.65. The Kier molecular flexibility index (Phi) is 7.11. The monoisotopic (exact) mass is 458 g/mol. The lowest BCUT2D eigenvalue weighted by atomic mass is 10.1. The molecule has 1 aromatic heterocycles. The standard InChI is InChI=1S/C17H19ClN4O.HI/c18-15-5-2-8-20-16(15)23-10-9-21-17(19)22-14-7-6-12-3-1-4-13(12)11-14;/h2,5-8,11H,1,3-4,9-10H2,(H3,19,21,22);1H. The van der Waals surface area contributed by atoms with Crippen LogP contribution < -0.4 is 15.8 Å². The lowest BCUT2D eigenvalue weighted by molar-refractivity contribution is 0.316. The highest BCUT2D eigenvalue weighted by Crippen LogP contribution is 2.24. The average molecular weight is 459 g/mol. The summed E-state index contributed by atoms with van der Waals surface area (Å²) in [5, 5.41) is 3.60. The number of aryl methyl sites for hydroxylation is 2. The normalized spacial score (nSPS) is 13.1. The van der Waals surface area contributed by atoms with Crippen molar-refractivity contribution < 1.29 is 4.74 Å². The number of ether oxygens (including phenoxy) is 1. The molecule has 1 aromatic carbocycles. The highest BCUT2D eigenvalue weighted by atomic mass is 127. The van der Waals surface area contributed by atoms with E-state index in [1.807, 2.05) is 6.07 Å². The summed E-state index contributed by atoms with van der Waals surface area (Å²) in [6.07, 6.45) is 5.18. The van der Waals surface area contributed by atoms with Gasteiger partial charge < -0.3 is 15.8 Å². The Bertz CT molecular complexity index is 723. The van der Waals surface area contributed by atoms with Gasteiger partial charge in [0.2, 0.25) is 5.88 Å². The zero-order valence-electron chi connectivity index (χ0n) is 13.2. The van der Waals surface area contributed by atoms with Crippen molar-refractivity contribution in [2.75, 3.05) is 18.5 Å². The van der Waals surface area contributed by atoms with E-state index in [2.05, 4.69) is 27.4 Å². The van der Waals surface area contributed by atoms with Crippen LogP contribution >= 0.6 is 35.6 Å². The van der Waals surface area contributed by atoms with Gasteiger partial charge in [0.25, 0.3) is 0 Å². The third-order valence-corrected chi connectivity index (χ3v) is 4.00. The molecule has 1 aliphatic carbocycles. The van der Waals surface area contributed by atoms with E-state index in [0.29, 0.717) is 30.0 Å². The Labute approximate surface area is 163 Å². The van der Waals surface area contributed by atoms with Crippen molar-refractivity contribution in [3.63, 3.8) is 0 Å². The number of halogens is 2. The minimum atomic E-state index is 0. The van der Waals surface area contributed by atoms with Crippen LogP contribution in [0, 0.1) is 0 Å². The summed E-state index contributed by atoms with van der Waals surface area (Å²) in [4.78, 5) is 8.29. The van der Waals surface area contributed by atoms with Crippen molar-refractivity contribution in [3.8, 4) is 5.88 Å². The topological polar surface area (TPSA) is 72.5 Å². The van der Waals surface area contributed by atoms with Crippen molar-refractivity contribution in [1.29, 1.82) is 0 Å². The molecular weight excluding hydrogens is 439 g/mol. The van der Waals surface area contributed by atoms with Crippen molar-refractivity contribution in [1.82, 2.24) is 4.98 Å². The molecule has 0 aliphatic heterocycles. The van der Waals surface area contributed by atoms with E-state index in [9.17, 15) is 0 Å². The van der Waals surface area contributed by atoms with Crippen LogP contribution in [-0.2, 0) is 12.8 Å². The number of hydrogen-bond donors (Lipinski definition) is 2. The first-order valence-electron chi connectivity index (χ1n) is 7.64. The quantitative estimate of drug-likeness (QED) is 0.310. The smallest absolute Gasteiger partial charge is 0.232 e. The minimum Gasteiger partial charge on any atom is -0.475 e. The number of nitrogens with two attached hydrogens (primary N) is 1. The maximum absolute atomic E-state index is 5.96. The van der Waals surface area contributed by atoms with Gasteiger partial charge in [-0.05, 0) is 54.7 Å². The van der Waals surface area contributed by atoms with Gasteiger partial charge in [-0.15, -0.1) is 24.0 Å². The third-order valence-electron chi connectivity index (χ3n) is 3.71. The van der Waals surface area contributed by atoms with E-state index in [0.717, 1.165) is 12.1 Å². The van der Waals surface area contributed by atoms with Crippen LogP contribution in [0.15, 0.2) is 41.5 Å². The predicted molar refractivity (Wildman–Crippen MR) is 109 cm³/mol. The number of nitrogens with zero attached hydrogens (tertiary/aromatic N) is 2. The van der Waals surface area contributed by atoms with Crippen LogP contribution in [0.5, 0.6) is 5.88 Å². The number of fused-ring (bicyclic) bond motifs is 1. The Balaban J connectivity index is 0.00000208. The number of pyridine rings is 1. The van der Waals surface area contributed by atoms with E-state index in [-0.39, 0.29) is 24.0 Å². The lowest BCUT2D eigenvalue weighted by Gasteiger charge is -2.08. The third kappa shape index (κ3) is 4.98. The number of aliphatic imine (C=N–C) groups is 1. The van der Waals surface area contributed by atoms with Gasteiger partial charge in [-0.1, -0.05) is 17.7 Å². The van der Waals surface area contributed by atoms with Crippen LogP contribution in [0.1, 0.15) is 17.5 Å². The maximum Gasteiger partial charge on any atom is 0.232 e. The number of hydrogen-bond acceptors (Lipinski definition) is 3. The molecule has 1 aliphatic rings. The summed E-state index contributed by atoms with van der Waals surface area (Å²) in [5.41, 5.74) is 9.71. The van der Waals surface area contributed by atoms with Crippen LogP contribution in [0.4, 0.5) is 5.69 Å². The maximum atomic E-state index is 5.96. The molecule has 24 heavy (non-hydrogen) atoms. The molecule has 0 radical (unpaired) electrons. The van der Waals surface area contributed by atoms with Gasteiger partial charge >= 0.3 is 0 Å². The lowest BCUT2D eigenvalue weighted by Crippen LogP contribution is -2.23. The van der Waals surface area contributed by atoms with Gasteiger partial charge in [-0.3, -0.25) is 0 Å². The minimum absolute atomic E-state index is 0. The van der Waals surface area contributed by atoms with E-state index in [1.165, 1.54) is 24.0 Å². The first-order valence-corrected chi connectivity index (χ1v) is 8.02. The molecule has 0 saturated heterocycles. The number of anilines is 1. The van der Waals surface area contributed by atoms with Gasteiger partial charge in [-0.25, -0.2) is 9.98 Å². The molecule has 0 unspecified atom stereocenters.